The maximum Gasteiger partial charge on any atom is 0.227 e. The van der Waals surface area contributed by atoms with Crippen molar-refractivity contribution < 1.29 is 19.1 Å². The fraction of sp³-hybridized carbons (Fsp3) is 0.167. The summed E-state index contributed by atoms with van der Waals surface area (Å²) in [4.78, 5) is 26.4. The number of nitrogens with zero attached hydrogens (tertiary/aromatic N) is 1. The Labute approximate surface area is 138 Å². The summed E-state index contributed by atoms with van der Waals surface area (Å²) in [5.41, 5.74) is 3.99. The molecule has 0 bridgehead atoms. The van der Waals surface area contributed by atoms with E-state index in [1.165, 1.54) is 0 Å². The number of hydrogen-bond acceptors (Lipinski definition) is 5. The third kappa shape index (κ3) is 3.60. The highest BCUT2D eigenvalue weighted by Crippen LogP contribution is 2.25. The molecule has 24 heavy (non-hydrogen) atoms. The van der Waals surface area contributed by atoms with E-state index in [1.54, 1.807) is 24.3 Å². The van der Waals surface area contributed by atoms with E-state index in [-0.39, 0.29) is 18.7 Å². The fourth-order valence-corrected chi connectivity index (χ4v) is 2.30. The van der Waals surface area contributed by atoms with Crippen molar-refractivity contribution in [3.8, 4) is 11.5 Å². The number of fused-ring (bicyclic) bond motifs is 1. The van der Waals surface area contributed by atoms with Gasteiger partial charge in [-0.2, -0.15) is 0 Å². The van der Waals surface area contributed by atoms with Gasteiger partial charge in [-0.15, -0.1) is 0 Å². The first kappa shape index (κ1) is 15.7. The SMILES string of the molecule is Cc1ccc2oc(-c3ccc(NC(=O)CCC(=O)[O-])cc3)nc2c1. The van der Waals surface area contributed by atoms with Gasteiger partial charge in [0, 0.05) is 23.6 Å². The van der Waals surface area contributed by atoms with E-state index in [0.717, 1.165) is 22.2 Å². The van der Waals surface area contributed by atoms with Crippen LogP contribution in [0.5, 0.6) is 0 Å². The third-order valence-electron chi connectivity index (χ3n) is 3.51. The number of aromatic nitrogens is 1. The molecule has 6 nitrogen and oxygen atoms in total. The molecule has 1 aromatic heterocycles. The molecule has 0 saturated carbocycles. The van der Waals surface area contributed by atoms with E-state index in [4.69, 9.17) is 4.42 Å². The average molecular weight is 323 g/mol. The summed E-state index contributed by atoms with van der Waals surface area (Å²) in [5.74, 6) is -1.11. The van der Waals surface area contributed by atoms with Crippen LogP contribution in [0.1, 0.15) is 18.4 Å². The molecule has 3 aromatic rings. The van der Waals surface area contributed by atoms with Crippen LogP contribution in [0, 0.1) is 6.92 Å². The molecule has 1 N–H and O–H groups in total. The number of anilines is 1. The summed E-state index contributed by atoms with van der Waals surface area (Å²) in [5, 5.41) is 13.0. The summed E-state index contributed by atoms with van der Waals surface area (Å²) in [6.07, 6.45) is -0.416. The van der Waals surface area contributed by atoms with Gasteiger partial charge < -0.3 is 19.6 Å². The zero-order valence-corrected chi connectivity index (χ0v) is 13.0. The zero-order chi connectivity index (χ0) is 17.1. The van der Waals surface area contributed by atoms with Gasteiger partial charge in [0.1, 0.15) is 5.52 Å². The first-order chi connectivity index (χ1) is 11.5. The number of hydrogen-bond donors (Lipinski definition) is 1. The number of aryl methyl sites for hydroxylation is 1. The van der Waals surface area contributed by atoms with E-state index in [2.05, 4.69) is 10.3 Å². The molecule has 0 radical (unpaired) electrons. The van der Waals surface area contributed by atoms with Crippen LogP contribution in [0.25, 0.3) is 22.6 Å². The molecule has 0 unspecified atom stereocenters. The minimum atomic E-state index is -1.24. The first-order valence-electron chi connectivity index (χ1n) is 7.48. The van der Waals surface area contributed by atoms with Crippen molar-refractivity contribution in [2.45, 2.75) is 19.8 Å². The molecule has 0 saturated heterocycles. The van der Waals surface area contributed by atoms with E-state index >= 15 is 0 Å². The van der Waals surface area contributed by atoms with Crippen LogP contribution in [-0.4, -0.2) is 16.9 Å². The molecule has 0 fully saturated rings. The monoisotopic (exact) mass is 323 g/mol. The summed E-state index contributed by atoms with van der Waals surface area (Å²) in [7, 11) is 0. The largest absolute Gasteiger partial charge is 0.550 e. The molecule has 0 aliphatic carbocycles. The van der Waals surface area contributed by atoms with Crippen molar-refractivity contribution in [3.05, 3.63) is 48.0 Å². The molecular formula is C18H15N2O4-. The molecule has 2 aromatic carbocycles. The predicted octanol–water partition coefficient (Wildman–Crippen LogP) is 2.27. The molecule has 3 rings (SSSR count). The highest BCUT2D eigenvalue weighted by Gasteiger charge is 2.09. The highest BCUT2D eigenvalue weighted by molar-refractivity contribution is 5.92. The molecule has 6 heteroatoms. The standard InChI is InChI=1S/C18H16N2O4/c1-11-2-7-15-14(10-11)20-18(24-15)12-3-5-13(6-4-12)19-16(21)8-9-17(22)23/h2-7,10H,8-9H2,1H3,(H,19,21)(H,22,23)/p-1. The maximum absolute atomic E-state index is 11.6. The Morgan fingerprint density at radius 2 is 1.88 bits per heavy atom. The van der Waals surface area contributed by atoms with Crippen LogP contribution in [-0.2, 0) is 9.59 Å². The summed E-state index contributed by atoms with van der Waals surface area (Å²) in [6, 6.07) is 12.8. The molecular weight excluding hydrogens is 308 g/mol. The Balaban J connectivity index is 1.73. The predicted molar refractivity (Wildman–Crippen MR) is 87.1 cm³/mol. The summed E-state index contributed by atoms with van der Waals surface area (Å²) >= 11 is 0. The fourth-order valence-electron chi connectivity index (χ4n) is 2.30. The van der Waals surface area contributed by atoms with Crippen molar-refractivity contribution in [2.24, 2.45) is 0 Å². The van der Waals surface area contributed by atoms with Gasteiger partial charge in [0.05, 0.1) is 0 Å². The molecule has 0 aliphatic rings. The lowest BCUT2D eigenvalue weighted by atomic mass is 10.2. The van der Waals surface area contributed by atoms with Gasteiger partial charge in [0.15, 0.2) is 5.58 Å². The number of oxazole rings is 1. The Morgan fingerprint density at radius 1 is 1.12 bits per heavy atom. The summed E-state index contributed by atoms with van der Waals surface area (Å²) in [6.45, 7) is 1.99. The second-order valence-corrected chi connectivity index (χ2v) is 5.49. The molecule has 122 valence electrons. The zero-order valence-electron chi connectivity index (χ0n) is 13.0. The van der Waals surface area contributed by atoms with Crippen LogP contribution < -0.4 is 10.4 Å². The first-order valence-corrected chi connectivity index (χ1v) is 7.48. The summed E-state index contributed by atoms with van der Waals surface area (Å²) < 4.78 is 5.72. The number of benzene rings is 2. The van der Waals surface area contributed by atoms with Gasteiger partial charge in [0.2, 0.25) is 11.8 Å². The quantitative estimate of drug-likeness (QED) is 0.777. The van der Waals surface area contributed by atoms with E-state index < -0.39 is 5.97 Å². The van der Waals surface area contributed by atoms with Crippen LogP contribution >= 0.6 is 0 Å². The lowest BCUT2D eigenvalue weighted by Crippen LogP contribution is -2.24. The molecule has 1 heterocycles. The second kappa shape index (κ2) is 6.54. The van der Waals surface area contributed by atoms with Gasteiger partial charge in [-0.25, -0.2) is 4.98 Å². The number of carboxylic acids is 1. The lowest BCUT2D eigenvalue weighted by molar-refractivity contribution is -0.305. The van der Waals surface area contributed by atoms with Crippen molar-refractivity contribution in [1.82, 2.24) is 4.98 Å². The van der Waals surface area contributed by atoms with Gasteiger partial charge >= 0.3 is 0 Å². The lowest BCUT2D eigenvalue weighted by Gasteiger charge is -2.06. The smallest absolute Gasteiger partial charge is 0.227 e. The molecule has 0 atom stereocenters. The van der Waals surface area contributed by atoms with E-state index in [1.807, 2.05) is 25.1 Å². The number of aliphatic carboxylic acids is 1. The highest BCUT2D eigenvalue weighted by atomic mass is 16.4. The van der Waals surface area contributed by atoms with Crippen LogP contribution in [0.15, 0.2) is 46.9 Å². The van der Waals surface area contributed by atoms with Crippen molar-refractivity contribution >= 4 is 28.7 Å². The number of rotatable bonds is 5. The van der Waals surface area contributed by atoms with Crippen LogP contribution in [0.3, 0.4) is 0 Å². The number of carbonyl (C=O) groups excluding carboxylic acids is 2. The van der Waals surface area contributed by atoms with Gasteiger partial charge in [-0.3, -0.25) is 4.79 Å². The van der Waals surface area contributed by atoms with Crippen molar-refractivity contribution in [3.63, 3.8) is 0 Å². The van der Waals surface area contributed by atoms with Crippen LogP contribution in [0.4, 0.5) is 5.69 Å². The van der Waals surface area contributed by atoms with Gasteiger partial charge in [-0.1, -0.05) is 6.07 Å². The second-order valence-electron chi connectivity index (χ2n) is 5.49. The Morgan fingerprint density at radius 3 is 2.58 bits per heavy atom. The Bertz CT molecular complexity index is 897. The van der Waals surface area contributed by atoms with E-state index in [0.29, 0.717) is 11.6 Å². The molecule has 0 aliphatic heterocycles. The third-order valence-corrected chi connectivity index (χ3v) is 3.51. The van der Waals surface area contributed by atoms with Crippen LogP contribution in [0.2, 0.25) is 0 Å². The van der Waals surface area contributed by atoms with E-state index in [9.17, 15) is 14.7 Å². The number of carboxylic acid groups (broad SMARTS) is 1. The van der Waals surface area contributed by atoms with Crippen molar-refractivity contribution in [1.29, 1.82) is 0 Å². The maximum atomic E-state index is 11.6. The van der Waals surface area contributed by atoms with Gasteiger partial charge in [-0.05, 0) is 55.3 Å². The van der Waals surface area contributed by atoms with Crippen molar-refractivity contribution in [2.75, 3.05) is 5.32 Å². The normalized spacial score (nSPS) is 10.7. The van der Waals surface area contributed by atoms with Gasteiger partial charge in [0.25, 0.3) is 0 Å². The Hall–Kier alpha value is -3.15. The number of amides is 1. The molecule has 0 spiro atoms. The average Bonchev–Trinajstić information content (AvgIpc) is 2.96. The number of carbonyl (C=O) groups is 2. The molecule has 1 amide bonds. The topological polar surface area (TPSA) is 95.3 Å². The minimum absolute atomic E-state index is 0.117. The Kier molecular flexibility index (Phi) is 4.29. The minimum Gasteiger partial charge on any atom is -0.550 e. The number of nitrogens with one attached hydrogen (secondary N) is 1.